The third-order valence-electron chi connectivity index (χ3n) is 4.38. The summed E-state index contributed by atoms with van der Waals surface area (Å²) in [6.07, 6.45) is 0. The second-order valence-corrected chi connectivity index (χ2v) is 6.08. The van der Waals surface area contributed by atoms with Crippen molar-refractivity contribution in [3.05, 3.63) is 69.8 Å². The summed E-state index contributed by atoms with van der Waals surface area (Å²) in [6.45, 7) is 8.37. The Morgan fingerprint density at radius 3 is 1.50 bits per heavy atom. The van der Waals surface area contributed by atoms with Crippen LogP contribution >= 0.6 is 0 Å². The molecule has 2 aromatic rings. The van der Waals surface area contributed by atoms with Crippen molar-refractivity contribution in [1.29, 1.82) is 0 Å². The highest BCUT2D eigenvalue weighted by molar-refractivity contribution is 6.09. The molecule has 0 aliphatic heterocycles. The Morgan fingerprint density at radius 1 is 0.700 bits per heavy atom. The lowest BCUT2D eigenvalue weighted by atomic mass is 9.96. The number of Topliss-reactive ketones (excluding diaryl/α,β-unsaturated/α-hetero) is 1. The molecular formula is C19H20O. The van der Waals surface area contributed by atoms with Crippen molar-refractivity contribution in [3.63, 3.8) is 0 Å². The van der Waals surface area contributed by atoms with Crippen LogP contribution in [0.15, 0.2) is 36.4 Å². The Kier molecular flexibility index (Phi) is 3.01. The number of hydrogen-bond acceptors (Lipinski definition) is 1. The fraction of sp³-hybridized carbons (Fsp3) is 0.316. The van der Waals surface area contributed by atoms with Gasteiger partial charge in [0.25, 0.3) is 0 Å². The number of ketones is 1. The molecule has 3 rings (SSSR count). The van der Waals surface area contributed by atoms with E-state index in [1.165, 1.54) is 33.4 Å². The molecule has 2 atom stereocenters. The Labute approximate surface area is 120 Å². The maximum absolute atomic E-state index is 12.3. The van der Waals surface area contributed by atoms with E-state index in [1.54, 1.807) is 0 Å². The minimum atomic E-state index is 0.0652. The number of carbonyl (C=O) groups is 1. The number of carbonyl (C=O) groups excluding carboxylic acids is 1. The first-order chi connectivity index (χ1) is 9.49. The first-order valence-electron chi connectivity index (χ1n) is 7.17. The molecule has 0 radical (unpaired) electrons. The summed E-state index contributed by atoms with van der Waals surface area (Å²) < 4.78 is 0. The van der Waals surface area contributed by atoms with Crippen LogP contribution in [0.5, 0.6) is 0 Å². The van der Waals surface area contributed by atoms with Crippen LogP contribution in [0.3, 0.4) is 0 Å². The number of hydrogen-bond donors (Lipinski definition) is 0. The zero-order valence-electron chi connectivity index (χ0n) is 12.5. The zero-order chi connectivity index (χ0) is 14.4. The van der Waals surface area contributed by atoms with Crippen LogP contribution in [0.1, 0.15) is 45.2 Å². The molecular weight excluding hydrogens is 244 g/mol. The second kappa shape index (κ2) is 4.59. The van der Waals surface area contributed by atoms with Gasteiger partial charge in [-0.2, -0.15) is 0 Å². The Balaban J connectivity index is 2.01. The predicted octanol–water partition coefficient (Wildman–Crippen LogP) is 4.37. The molecule has 1 nitrogen and oxygen atoms in total. The van der Waals surface area contributed by atoms with Gasteiger partial charge in [0.2, 0.25) is 0 Å². The third-order valence-corrected chi connectivity index (χ3v) is 4.38. The fourth-order valence-electron chi connectivity index (χ4n) is 3.10. The topological polar surface area (TPSA) is 17.1 Å². The largest absolute Gasteiger partial charge is 0.298 e. The van der Waals surface area contributed by atoms with E-state index >= 15 is 0 Å². The summed E-state index contributed by atoms with van der Waals surface area (Å²) in [5, 5.41) is 0. The lowest BCUT2D eigenvalue weighted by molar-refractivity contribution is -0.110. The quantitative estimate of drug-likeness (QED) is 0.787. The van der Waals surface area contributed by atoms with Crippen LogP contribution in [0.25, 0.3) is 0 Å². The first kappa shape index (κ1) is 13.1. The number of rotatable bonds is 2. The van der Waals surface area contributed by atoms with E-state index in [0.717, 1.165) is 0 Å². The molecule has 1 heteroatoms. The molecule has 1 aliphatic rings. The molecule has 1 saturated carbocycles. The SMILES string of the molecule is Cc1ccc(C)c(C2C(=O)C2c2cc(C)ccc2C)c1. The van der Waals surface area contributed by atoms with Crippen molar-refractivity contribution in [1.82, 2.24) is 0 Å². The zero-order valence-corrected chi connectivity index (χ0v) is 12.5. The van der Waals surface area contributed by atoms with Crippen LogP contribution in [-0.4, -0.2) is 5.78 Å². The summed E-state index contributed by atoms with van der Waals surface area (Å²) in [5.41, 5.74) is 7.32. The van der Waals surface area contributed by atoms with E-state index in [-0.39, 0.29) is 11.8 Å². The molecule has 1 fully saturated rings. The average Bonchev–Trinajstić information content (AvgIpc) is 3.06. The average molecular weight is 264 g/mol. The highest BCUT2D eigenvalue weighted by Crippen LogP contribution is 2.52. The van der Waals surface area contributed by atoms with Gasteiger partial charge in [-0.3, -0.25) is 4.79 Å². The van der Waals surface area contributed by atoms with Crippen molar-refractivity contribution in [2.45, 2.75) is 39.5 Å². The van der Waals surface area contributed by atoms with Crippen molar-refractivity contribution >= 4 is 5.78 Å². The van der Waals surface area contributed by atoms with Crippen LogP contribution < -0.4 is 0 Å². The summed E-state index contributed by atoms with van der Waals surface area (Å²) in [7, 11) is 0. The standard InChI is InChI=1S/C19H20O/c1-11-5-7-13(3)15(9-11)17-18(19(17)20)16-10-12(2)6-8-14(16)4/h5-10,17-18H,1-4H3. The summed E-state index contributed by atoms with van der Waals surface area (Å²) >= 11 is 0. The van der Waals surface area contributed by atoms with Crippen LogP contribution in [0, 0.1) is 27.7 Å². The maximum Gasteiger partial charge on any atom is 0.149 e. The molecule has 20 heavy (non-hydrogen) atoms. The van der Waals surface area contributed by atoms with E-state index in [2.05, 4.69) is 64.1 Å². The van der Waals surface area contributed by atoms with Gasteiger partial charge in [-0.25, -0.2) is 0 Å². The van der Waals surface area contributed by atoms with E-state index in [1.807, 2.05) is 0 Å². The van der Waals surface area contributed by atoms with Gasteiger partial charge < -0.3 is 0 Å². The van der Waals surface area contributed by atoms with Gasteiger partial charge in [-0.05, 0) is 49.9 Å². The lowest BCUT2D eigenvalue weighted by Crippen LogP contribution is -1.92. The Morgan fingerprint density at radius 2 is 1.10 bits per heavy atom. The third kappa shape index (κ3) is 2.07. The van der Waals surface area contributed by atoms with E-state index in [4.69, 9.17) is 0 Å². The normalized spacial score (nSPS) is 21.1. The van der Waals surface area contributed by atoms with E-state index < -0.39 is 0 Å². The molecule has 0 bridgehead atoms. The fourth-order valence-corrected chi connectivity index (χ4v) is 3.10. The molecule has 0 heterocycles. The first-order valence-corrected chi connectivity index (χ1v) is 7.17. The number of aryl methyl sites for hydroxylation is 4. The smallest absolute Gasteiger partial charge is 0.149 e. The van der Waals surface area contributed by atoms with Gasteiger partial charge in [0.15, 0.2) is 0 Å². The Hall–Kier alpha value is -1.89. The van der Waals surface area contributed by atoms with Gasteiger partial charge in [-0.15, -0.1) is 0 Å². The predicted molar refractivity (Wildman–Crippen MR) is 82.3 cm³/mol. The molecule has 0 amide bonds. The second-order valence-electron chi connectivity index (χ2n) is 6.08. The minimum Gasteiger partial charge on any atom is -0.298 e. The van der Waals surface area contributed by atoms with Crippen molar-refractivity contribution in [2.24, 2.45) is 0 Å². The van der Waals surface area contributed by atoms with E-state index in [9.17, 15) is 4.79 Å². The van der Waals surface area contributed by atoms with Crippen LogP contribution in [0.4, 0.5) is 0 Å². The lowest BCUT2D eigenvalue weighted by Gasteiger charge is -2.08. The molecule has 0 saturated heterocycles. The summed E-state index contributed by atoms with van der Waals surface area (Å²) in [5.74, 6) is 0.498. The molecule has 2 unspecified atom stereocenters. The van der Waals surface area contributed by atoms with Gasteiger partial charge in [0.05, 0.1) is 11.8 Å². The molecule has 1 aliphatic carbocycles. The number of benzene rings is 2. The molecule has 0 N–H and O–H groups in total. The van der Waals surface area contributed by atoms with Gasteiger partial charge in [-0.1, -0.05) is 47.5 Å². The molecule has 0 spiro atoms. The highest BCUT2D eigenvalue weighted by Gasteiger charge is 2.51. The maximum atomic E-state index is 12.3. The Bertz CT molecular complexity index is 637. The van der Waals surface area contributed by atoms with Gasteiger partial charge in [0, 0.05) is 0 Å². The van der Waals surface area contributed by atoms with Crippen molar-refractivity contribution in [3.8, 4) is 0 Å². The minimum absolute atomic E-state index is 0.0652. The highest BCUT2D eigenvalue weighted by atomic mass is 16.1. The summed E-state index contributed by atoms with van der Waals surface area (Å²) in [6, 6.07) is 12.8. The molecule has 0 aromatic heterocycles. The van der Waals surface area contributed by atoms with Crippen molar-refractivity contribution in [2.75, 3.05) is 0 Å². The van der Waals surface area contributed by atoms with Crippen LogP contribution in [0.2, 0.25) is 0 Å². The molecule has 102 valence electrons. The van der Waals surface area contributed by atoms with Gasteiger partial charge >= 0.3 is 0 Å². The van der Waals surface area contributed by atoms with Crippen molar-refractivity contribution < 1.29 is 4.79 Å². The summed E-state index contributed by atoms with van der Waals surface area (Å²) in [4.78, 5) is 12.3. The molecule has 2 aromatic carbocycles. The monoisotopic (exact) mass is 264 g/mol. The van der Waals surface area contributed by atoms with Gasteiger partial charge in [0.1, 0.15) is 5.78 Å². The van der Waals surface area contributed by atoms with Crippen LogP contribution in [-0.2, 0) is 4.79 Å². The van der Waals surface area contributed by atoms with E-state index in [0.29, 0.717) is 5.78 Å².